The van der Waals surface area contributed by atoms with Gasteiger partial charge in [-0.15, -0.1) is 0 Å². The highest BCUT2D eigenvalue weighted by Crippen LogP contribution is 2.41. The predicted molar refractivity (Wildman–Crippen MR) is 97.5 cm³/mol. The molecular weight excluding hydrogens is 384 g/mol. The molecule has 2 rings (SSSR count). The summed E-state index contributed by atoms with van der Waals surface area (Å²) in [6, 6.07) is 4.62. The normalized spacial score (nSPS) is 13.5. The van der Waals surface area contributed by atoms with Crippen molar-refractivity contribution in [1.29, 1.82) is 0 Å². The monoisotopic (exact) mass is 403 g/mol. The molecule has 0 fully saturated rings. The highest BCUT2D eigenvalue weighted by Gasteiger charge is 2.21. The summed E-state index contributed by atoms with van der Waals surface area (Å²) in [5.74, 6) is -0.696. The molecule has 0 aliphatic rings. The Morgan fingerprint density at radius 3 is 2.62 bits per heavy atom. The maximum absolute atomic E-state index is 14.0. The van der Waals surface area contributed by atoms with E-state index in [-0.39, 0.29) is 33.9 Å². The van der Waals surface area contributed by atoms with Gasteiger partial charge in [-0.25, -0.2) is 0 Å². The van der Waals surface area contributed by atoms with Gasteiger partial charge in [-0.3, -0.25) is 4.57 Å². The van der Waals surface area contributed by atoms with Crippen molar-refractivity contribution in [3.8, 4) is 23.1 Å². The topological polar surface area (TPSA) is 88.9 Å². The average molecular weight is 404 g/mol. The molecule has 0 amide bonds. The Morgan fingerprint density at radius 2 is 2.04 bits per heavy atom. The number of ether oxygens (including phenoxy) is 2. The Bertz CT molecular complexity index is 869. The van der Waals surface area contributed by atoms with Gasteiger partial charge in [-0.2, -0.15) is 9.37 Å². The minimum Gasteiger partial charge on any atom is -0.508 e. The summed E-state index contributed by atoms with van der Waals surface area (Å²) >= 11 is 5.97. The number of pyridine rings is 1. The first-order valence-corrected chi connectivity index (χ1v) is 10.4. The summed E-state index contributed by atoms with van der Waals surface area (Å²) in [5.41, 5.74) is 0.943. The van der Waals surface area contributed by atoms with Crippen molar-refractivity contribution in [2.24, 2.45) is 0 Å². The molecule has 0 spiro atoms. The molecule has 0 aliphatic heterocycles. The number of nitrogens with zero attached hydrogens (tertiary/aromatic N) is 1. The molecule has 2 aromatic rings. The SMILES string of the molecule is Cc1c(OCP(C)(=O)O)nc(F)c(Cl)c1Oc1ccc(O)c(C(C)C)c1. The molecule has 0 bridgehead atoms. The van der Waals surface area contributed by atoms with E-state index >= 15 is 0 Å². The van der Waals surface area contributed by atoms with Crippen molar-refractivity contribution in [2.45, 2.75) is 26.7 Å². The lowest BCUT2D eigenvalue weighted by atomic mass is 10.0. The second-order valence-corrected chi connectivity index (χ2v) is 9.02. The summed E-state index contributed by atoms with van der Waals surface area (Å²) in [6.07, 6.45) is -0.516. The van der Waals surface area contributed by atoms with E-state index in [0.29, 0.717) is 11.3 Å². The van der Waals surface area contributed by atoms with Gasteiger partial charge in [0.25, 0.3) is 0 Å². The lowest BCUT2D eigenvalue weighted by Gasteiger charge is -2.16. The Kier molecular flexibility index (Phi) is 6.17. The number of aromatic nitrogens is 1. The van der Waals surface area contributed by atoms with Crippen LogP contribution < -0.4 is 9.47 Å². The average Bonchev–Trinajstić information content (AvgIpc) is 2.54. The van der Waals surface area contributed by atoms with E-state index in [0.717, 1.165) is 6.66 Å². The van der Waals surface area contributed by atoms with Crippen LogP contribution in [0.15, 0.2) is 18.2 Å². The molecule has 1 unspecified atom stereocenters. The van der Waals surface area contributed by atoms with Crippen LogP contribution in [0.4, 0.5) is 4.39 Å². The summed E-state index contributed by atoms with van der Waals surface area (Å²) in [5, 5.41) is 9.56. The minimum absolute atomic E-state index is 0.0153. The lowest BCUT2D eigenvalue weighted by molar-refractivity contribution is 0.329. The largest absolute Gasteiger partial charge is 0.508 e. The molecule has 1 atom stereocenters. The molecule has 9 heteroatoms. The second-order valence-electron chi connectivity index (χ2n) is 6.28. The first-order valence-electron chi connectivity index (χ1n) is 7.78. The number of hydrogen-bond donors (Lipinski definition) is 2. The van der Waals surface area contributed by atoms with Gasteiger partial charge in [-0.05, 0) is 31.0 Å². The summed E-state index contributed by atoms with van der Waals surface area (Å²) in [6.45, 7) is 6.49. The molecule has 0 aliphatic carbocycles. The van der Waals surface area contributed by atoms with Gasteiger partial charge in [0.2, 0.25) is 19.2 Å². The zero-order chi connectivity index (χ0) is 19.6. The molecule has 1 aromatic heterocycles. The highest BCUT2D eigenvalue weighted by molar-refractivity contribution is 7.56. The van der Waals surface area contributed by atoms with Crippen LogP contribution in [0.2, 0.25) is 5.02 Å². The minimum atomic E-state index is -3.47. The smallest absolute Gasteiger partial charge is 0.238 e. The molecule has 1 heterocycles. The van der Waals surface area contributed by atoms with Crippen LogP contribution in [-0.2, 0) is 4.57 Å². The van der Waals surface area contributed by atoms with Gasteiger partial charge in [0.1, 0.15) is 16.5 Å². The number of aromatic hydroxyl groups is 1. The van der Waals surface area contributed by atoms with Crippen LogP contribution >= 0.6 is 19.0 Å². The maximum atomic E-state index is 14.0. The third kappa shape index (κ3) is 4.87. The van der Waals surface area contributed by atoms with Crippen molar-refractivity contribution in [2.75, 3.05) is 13.0 Å². The Balaban J connectivity index is 2.41. The van der Waals surface area contributed by atoms with Gasteiger partial charge in [0.05, 0.1) is 5.56 Å². The first-order chi connectivity index (χ1) is 12.0. The molecule has 0 radical (unpaired) electrons. The van der Waals surface area contributed by atoms with Crippen LogP contribution in [-0.4, -0.2) is 28.0 Å². The Hall–Kier alpha value is -1.82. The Labute approximate surface area is 156 Å². The highest BCUT2D eigenvalue weighted by atomic mass is 35.5. The van der Waals surface area contributed by atoms with Crippen LogP contribution in [0.5, 0.6) is 23.1 Å². The molecule has 0 saturated heterocycles. The van der Waals surface area contributed by atoms with Gasteiger partial charge in [-0.1, -0.05) is 25.4 Å². The molecule has 26 heavy (non-hydrogen) atoms. The maximum Gasteiger partial charge on any atom is 0.238 e. The van der Waals surface area contributed by atoms with Gasteiger partial charge >= 0.3 is 0 Å². The summed E-state index contributed by atoms with van der Waals surface area (Å²) < 4.78 is 36.3. The lowest BCUT2D eigenvalue weighted by Crippen LogP contribution is -2.04. The van der Waals surface area contributed by atoms with Crippen LogP contribution in [0, 0.1) is 12.9 Å². The van der Waals surface area contributed by atoms with E-state index in [1.54, 1.807) is 13.0 Å². The van der Waals surface area contributed by atoms with Crippen molar-refractivity contribution in [3.63, 3.8) is 0 Å². The van der Waals surface area contributed by atoms with Crippen LogP contribution in [0.3, 0.4) is 0 Å². The van der Waals surface area contributed by atoms with Gasteiger partial charge in [0.15, 0.2) is 12.1 Å². The molecule has 1 aromatic carbocycles. The van der Waals surface area contributed by atoms with E-state index in [1.165, 1.54) is 12.1 Å². The number of hydrogen-bond acceptors (Lipinski definition) is 5. The van der Waals surface area contributed by atoms with Crippen LogP contribution in [0.25, 0.3) is 0 Å². The molecule has 0 saturated carbocycles. The first kappa shape index (κ1) is 20.5. The van der Waals surface area contributed by atoms with E-state index < -0.39 is 19.7 Å². The van der Waals surface area contributed by atoms with Gasteiger partial charge in [0, 0.05) is 12.2 Å². The molecule has 6 nitrogen and oxygen atoms in total. The van der Waals surface area contributed by atoms with Crippen molar-refractivity contribution in [1.82, 2.24) is 4.98 Å². The van der Waals surface area contributed by atoms with Crippen molar-refractivity contribution < 1.29 is 28.4 Å². The number of rotatable bonds is 6. The zero-order valence-corrected chi connectivity index (χ0v) is 16.4. The second kappa shape index (κ2) is 7.82. The summed E-state index contributed by atoms with van der Waals surface area (Å²) in [7, 11) is -3.47. The number of phenols is 1. The fourth-order valence-corrected chi connectivity index (χ4v) is 2.78. The fraction of sp³-hybridized carbons (Fsp3) is 0.353. The van der Waals surface area contributed by atoms with Crippen LogP contribution in [0.1, 0.15) is 30.9 Å². The van der Waals surface area contributed by atoms with Gasteiger partial charge < -0.3 is 19.5 Å². The third-order valence-corrected chi connectivity index (χ3v) is 4.46. The van der Waals surface area contributed by atoms with E-state index in [4.69, 9.17) is 21.1 Å². The third-order valence-electron chi connectivity index (χ3n) is 3.52. The number of halogens is 2. The van der Waals surface area contributed by atoms with E-state index in [1.807, 2.05) is 13.8 Å². The van der Waals surface area contributed by atoms with Crippen molar-refractivity contribution in [3.05, 3.63) is 40.3 Å². The zero-order valence-electron chi connectivity index (χ0n) is 14.8. The predicted octanol–water partition coefficient (Wildman–Crippen LogP) is 5.04. The summed E-state index contributed by atoms with van der Waals surface area (Å²) in [4.78, 5) is 12.9. The quantitative estimate of drug-likeness (QED) is 0.519. The number of phenolic OH excluding ortho intramolecular Hbond substituents is 1. The standard InChI is InChI=1S/C17H20ClFNO5P/c1-9(2)12-7-11(5-6-13(12)21)25-15-10(3)17(20-16(19)14(15)18)24-8-26(4,22)23/h5-7,9,21H,8H2,1-4H3,(H,22,23). The fourth-order valence-electron chi connectivity index (χ4n) is 2.20. The number of benzene rings is 1. The Morgan fingerprint density at radius 1 is 1.38 bits per heavy atom. The molecule has 142 valence electrons. The van der Waals surface area contributed by atoms with Crippen molar-refractivity contribution >= 4 is 19.0 Å². The van der Waals surface area contributed by atoms with E-state index in [2.05, 4.69) is 4.98 Å². The molecule has 2 N–H and O–H groups in total. The molecular formula is C17H20ClFNO5P. The van der Waals surface area contributed by atoms with E-state index in [9.17, 15) is 19.0 Å².